The Labute approximate surface area is 207 Å². The van der Waals surface area contributed by atoms with Crippen molar-refractivity contribution in [2.45, 2.75) is 18.9 Å². The second-order valence-electron chi connectivity index (χ2n) is 8.66. The molecule has 1 aliphatic rings. The monoisotopic (exact) mass is 480 g/mol. The molecule has 0 radical (unpaired) electrons. The topological polar surface area (TPSA) is 45.2 Å². The quantitative estimate of drug-likeness (QED) is 0.456. The third-order valence-electron chi connectivity index (χ3n) is 6.26. The maximum absolute atomic E-state index is 10.6. The van der Waals surface area contributed by atoms with Gasteiger partial charge in [-0.1, -0.05) is 54.1 Å². The number of benzene rings is 3. The van der Waals surface area contributed by atoms with Gasteiger partial charge in [0.1, 0.15) is 24.2 Å². The van der Waals surface area contributed by atoms with Gasteiger partial charge in [-0.2, -0.15) is 0 Å². The third-order valence-corrected chi connectivity index (χ3v) is 6.57. The van der Waals surface area contributed by atoms with Crippen molar-refractivity contribution >= 4 is 17.3 Å². The summed E-state index contributed by atoms with van der Waals surface area (Å²) < 4.78 is 11.4. The van der Waals surface area contributed by atoms with Crippen LogP contribution in [0.4, 0.5) is 5.69 Å². The van der Waals surface area contributed by atoms with Gasteiger partial charge in [-0.25, -0.2) is 0 Å². The fourth-order valence-corrected chi connectivity index (χ4v) is 4.63. The van der Waals surface area contributed by atoms with Crippen molar-refractivity contribution in [2.24, 2.45) is 0 Å². The first-order valence-electron chi connectivity index (χ1n) is 11.9. The normalized spacial score (nSPS) is 15.2. The zero-order chi connectivity index (χ0) is 23.8. The van der Waals surface area contributed by atoms with Crippen molar-refractivity contribution in [1.29, 1.82) is 0 Å². The van der Waals surface area contributed by atoms with Gasteiger partial charge in [0.15, 0.2) is 0 Å². The van der Waals surface area contributed by atoms with E-state index < -0.39 is 6.10 Å². The van der Waals surface area contributed by atoms with Crippen molar-refractivity contribution < 1.29 is 14.6 Å². The molecule has 180 valence electrons. The fraction of sp³-hybridized carbons (Fsp3) is 0.357. The van der Waals surface area contributed by atoms with E-state index in [1.807, 2.05) is 48.5 Å². The zero-order valence-corrected chi connectivity index (χ0v) is 20.5. The molecule has 3 aromatic rings. The van der Waals surface area contributed by atoms with Gasteiger partial charge in [0.05, 0.1) is 17.8 Å². The smallest absolute Gasteiger partial charge is 0.122 e. The molecular formula is C28H33ClN2O3. The van der Waals surface area contributed by atoms with E-state index in [0.29, 0.717) is 6.54 Å². The van der Waals surface area contributed by atoms with Crippen LogP contribution in [0, 0.1) is 0 Å². The van der Waals surface area contributed by atoms with Crippen LogP contribution in [0.3, 0.4) is 0 Å². The molecule has 3 aromatic carbocycles. The summed E-state index contributed by atoms with van der Waals surface area (Å²) in [4.78, 5) is 4.59. The predicted octanol–water partition coefficient (Wildman–Crippen LogP) is 4.70. The minimum atomic E-state index is -0.543. The van der Waals surface area contributed by atoms with Crippen molar-refractivity contribution in [2.75, 3.05) is 51.3 Å². The number of aryl methyl sites for hydroxylation is 2. The summed E-state index contributed by atoms with van der Waals surface area (Å²) in [5.41, 5.74) is 3.45. The molecule has 0 amide bonds. The number of β-amino-alcohol motifs (C(OH)–C–C–N with tert-alkyl or cyclic N) is 1. The van der Waals surface area contributed by atoms with Crippen LogP contribution in [0.15, 0.2) is 72.8 Å². The Kier molecular flexibility index (Phi) is 8.69. The molecule has 0 spiro atoms. The molecule has 0 bridgehead atoms. The molecule has 1 aliphatic heterocycles. The van der Waals surface area contributed by atoms with E-state index >= 15 is 0 Å². The Bertz CT molecular complexity index is 1050. The number of anilines is 1. The minimum Gasteiger partial charge on any atom is -0.497 e. The van der Waals surface area contributed by atoms with Crippen LogP contribution in [0.5, 0.6) is 11.5 Å². The Morgan fingerprint density at radius 1 is 0.912 bits per heavy atom. The largest absolute Gasteiger partial charge is 0.497 e. The average Bonchev–Trinajstić information content (AvgIpc) is 2.88. The van der Waals surface area contributed by atoms with Gasteiger partial charge < -0.3 is 19.5 Å². The highest BCUT2D eigenvalue weighted by atomic mass is 35.5. The summed E-state index contributed by atoms with van der Waals surface area (Å²) in [5.74, 6) is 1.71. The second-order valence-corrected chi connectivity index (χ2v) is 9.07. The van der Waals surface area contributed by atoms with Crippen molar-refractivity contribution in [3.05, 3.63) is 88.9 Å². The molecule has 1 N–H and O–H groups in total. The van der Waals surface area contributed by atoms with E-state index in [4.69, 9.17) is 21.1 Å². The van der Waals surface area contributed by atoms with Gasteiger partial charge in [-0.3, -0.25) is 4.90 Å². The van der Waals surface area contributed by atoms with Crippen LogP contribution < -0.4 is 14.4 Å². The van der Waals surface area contributed by atoms with E-state index in [9.17, 15) is 5.11 Å². The highest BCUT2D eigenvalue weighted by Crippen LogP contribution is 2.26. The Balaban J connectivity index is 1.24. The molecule has 5 nitrogen and oxygen atoms in total. The van der Waals surface area contributed by atoms with Gasteiger partial charge in [0.25, 0.3) is 0 Å². The van der Waals surface area contributed by atoms with Gasteiger partial charge in [0.2, 0.25) is 0 Å². The number of rotatable bonds is 10. The van der Waals surface area contributed by atoms with Crippen LogP contribution in [-0.2, 0) is 12.8 Å². The lowest BCUT2D eigenvalue weighted by molar-refractivity contribution is 0.0660. The third kappa shape index (κ3) is 6.66. The number of hydrogen-bond acceptors (Lipinski definition) is 5. The predicted molar refractivity (Wildman–Crippen MR) is 138 cm³/mol. The summed E-state index contributed by atoms with van der Waals surface area (Å²) in [6.45, 7) is 4.44. The number of ether oxygens (including phenoxy) is 2. The Hall–Kier alpha value is -2.73. The van der Waals surface area contributed by atoms with Crippen LogP contribution in [0.2, 0.25) is 5.02 Å². The van der Waals surface area contributed by atoms with E-state index in [0.717, 1.165) is 66.8 Å². The summed E-state index contributed by atoms with van der Waals surface area (Å²) in [6.07, 6.45) is 1.22. The lowest BCUT2D eigenvalue weighted by Crippen LogP contribution is -2.49. The first-order chi connectivity index (χ1) is 16.6. The van der Waals surface area contributed by atoms with Crippen LogP contribution in [-0.4, -0.2) is 62.6 Å². The standard InChI is InChI=1S/C28H33ClN2O3/c1-33-25-9-6-7-22(19-25)13-14-23-8-2-5-12-28(23)34-21-24(32)20-30-15-17-31(18-16-30)27-11-4-3-10-26(27)29/h2-12,19,24,32H,13-18,20-21H2,1H3. The van der Waals surface area contributed by atoms with Crippen LogP contribution >= 0.6 is 11.6 Å². The molecule has 1 unspecified atom stereocenters. The van der Waals surface area contributed by atoms with Crippen molar-refractivity contribution in [1.82, 2.24) is 4.90 Å². The molecule has 0 aromatic heterocycles. The SMILES string of the molecule is COc1cccc(CCc2ccccc2OCC(O)CN2CCN(c3ccccc3Cl)CC2)c1. The first-order valence-corrected chi connectivity index (χ1v) is 12.2. The summed E-state index contributed by atoms with van der Waals surface area (Å²) in [5, 5.41) is 11.4. The number of hydrogen-bond donors (Lipinski definition) is 1. The number of para-hydroxylation sites is 2. The zero-order valence-electron chi connectivity index (χ0n) is 19.7. The number of methoxy groups -OCH3 is 1. The Morgan fingerprint density at radius 3 is 2.47 bits per heavy atom. The summed E-state index contributed by atoms with van der Waals surface area (Å²) in [6, 6.07) is 24.2. The molecule has 0 saturated carbocycles. The highest BCUT2D eigenvalue weighted by molar-refractivity contribution is 6.33. The molecule has 34 heavy (non-hydrogen) atoms. The summed E-state index contributed by atoms with van der Waals surface area (Å²) in [7, 11) is 1.69. The van der Waals surface area contributed by atoms with Gasteiger partial charge in [-0.05, 0) is 54.3 Å². The molecule has 1 atom stereocenters. The van der Waals surface area contributed by atoms with Crippen LogP contribution in [0.1, 0.15) is 11.1 Å². The van der Waals surface area contributed by atoms with Crippen LogP contribution in [0.25, 0.3) is 0 Å². The number of halogens is 1. The number of aliphatic hydroxyl groups is 1. The lowest BCUT2D eigenvalue weighted by atomic mass is 10.0. The fourth-order valence-electron chi connectivity index (χ4n) is 4.37. The van der Waals surface area contributed by atoms with Gasteiger partial charge >= 0.3 is 0 Å². The molecule has 1 saturated heterocycles. The van der Waals surface area contributed by atoms with E-state index in [-0.39, 0.29) is 6.61 Å². The van der Waals surface area contributed by atoms with Gasteiger partial charge in [0, 0.05) is 32.7 Å². The lowest BCUT2D eigenvalue weighted by Gasteiger charge is -2.37. The van der Waals surface area contributed by atoms with Crippen molar-refractivity contribution in [3.8, 4) is 11.5 Å². The van der Waals surface area contributed by atoms with E-state index in [2.05, 4.69) is 34.1 Å². The number of nitrogens with zero attached hydrogens (tertiary/aromatic N) is 2. The average molecular weight is 481 g/mol. The maximum atomic E-state index is 10.6. The first kappa shape index (κ1) is 24.4. The van der Waals surface area contributed by atoms with E-state index in [1.54, 1.807) is 7.11 Å². The Morgan fingerprint density at radius 2 is 1.68 bits per heavy atom. The van der Waals surface area contributed by atoms with Gasteiger partial charge in [-0.15, -0.1) is 0 Å². The molecular weight excluding hydrogens is 448 g/mol. The molecule has 1 fully saturated rings. The molecule has 0 aliphatic carbocycles. The number of aliphatic hydroxyl groups excluding tert-OH is 1. The maximum Gasteiger partial charge on any atom is 0.122 e. The van der Waals surface area contributed by atoms with Crippen molar-refractivity contribution in [3.63, 3.8) is 0 Å². The molecule has 6 heteroatoms. The molecule has 4 rings (SSSR count). The minimum absolute atomic E-state index is 0.279. The summed E-state index contributed by atoms with van der Waals surface area (Å²) >= 11 is 6.34. The highest BCUT2D eigenvalue weighted by Gasteiger charge is 2.21. The van der Waals surface area contributed by atoms with E-state index in [1.165, 1.54) is 5.56 Å². The number of piperazine rings is 1. The second kappa shape index (κ2) is 12.1. The molecule has 1 heterocycles.